The second-order valence-corrected chi connectivity index (χ2v) is 3.31. The summed E-state index contributed by atoms with van der Waals surface area (Å²) in [6.45, 7) is 2.02. The van der Waals surface area contributed by atoms with Gasteiger partial charge in [0.25, 0.3) is 6.47 Å². The van der Waals surface area contributed by atoms with Gasteiger partial charge in [0.05, 0.1) is 19.8 Å². The molecule has 0 aromatic heterocycles. The van der Waals surface area contributed by atoms with Crippen molar-refractivity contribution in [3.8, 4) is 11.8 Å². The third kappa shape index (κ3) is 6.24. The van der Waals surface area contributed by atoms with Gasteiger partial charge in [-0.05, 0) is 30.7 Å². The van der Waals surface area contributed by atoms with Crippen LogP contribution in [0.25, 0.3) is 0 Å². The van der Waals surface area contributed by atoms with Crippen molar-refractivity contribution in [2.24, 2.45) is 0 Å². The van der Waals surface area contributed by atoms with Gasteiger partial charge < -0.3 is 14.6 Å². The van der Waals surface area contributed by atoms with Gasteiger partial charge in [-0.2, -0.15) is 0 Å². The fourth-order valence-electron chi connectivity index (χ4n) is 1.22. The van der Waals surface area contributed by atoms with E-state index >= 15 is 0 Å². The van der Waals surface area contributed by atoms with E-state index in [0.717, 1.165) is 11.1 Å². The number of methoxy groups -OCH3 is 2. The molecule has 0 atom stereocenters. The standard InChI is InChI=1S/C12H12O3.C2H4O2/c1-9-8-10(4-3-7-13)5-6-11(9)12(14)15-2;1-4-2-3/h5-6,8,13H,7H2,1-2H3;2H,1H3. The summed E-state index contributed by atoms with van der Waals surface area (Å²) in [6.07, 6.45) is 0. The summed E-state index contributed by atoms with van der Waals surface area (Å²) in [7, 11) is 2.66. The van der Waals surface area contributed by atoms with Crippen LogP contribution in [-0.4, -0.2) is 38.4 Å². The van der Waals surface area contributed by atoms with Gasteiger partial charge in [-0.3, -0.25) is 4.79 Å². The summed E-state index contributed by atoms with van der Waals surface area (Å²) >= 11 is 0. The van der Waals surface area contributed by atoms with E-state index in [0.29, 0.717) is 12.0 Å². The number of aliphatic hydroxyl groups excluding tert-OH is 1. The molecule has 5 nitrogen and oxygen atoms in total. The molecule has 0 fully saturated rings. The Bertz CT molecular complexity index is 482. The zero-order valence-corrected chi connectivity index (χ0v) is 11.1. The maximum Gasteiger partial charge on any atom is 0.338 e. The predicted octanol–water partition coefficient (Wildman–Crippen LogP) is 0.915. The first kappa shape index (κ1) is 16.7. The zero-order chi connectivity index (χ0) is 14.7. The molecule has 0 bridgehead atoms. The van der Waals surface area contributed by atoms with Gasteiger partial charge in [0.15, 0.2) is 0 Å². The second-order valence-electron chi connectivity index (χ2n) is 3.31. The van der Waals surface area contributed by atoms with Crippen LogP contribution >= 0.6 is 0 Å². The number of carbonyl (C=O) groups is 2. The number of rotatable bonds is 2. The molecule has 0 unspecified atom stereocenters. The molecule has 1 aromatic rings. The summed E-state index contributed by atoms with van der Waals surface area (Å²) in [5.41, 5.74) is 2.12. The maximum atomic E-state index is 11.3. The third-order valence-corrected chi connectivity index (χ3v) is 2.04. The average molecular weight is 264 g/mol. The molecule has 0 saturated heterocycles. The van der Waals surface area contributed by atoms with Gasteiger partial charge >= 0.3 is 5.97 Å². The molecule has 102 valence electrons. The van der Waals surface area contributed by atoms with Crippen molar-refractivity contribution in [2.45, 2.75) is 6.92 Å². The number of hydrogen-bond donors (Lipinski definition) is 1. The summed E-state index contributed by atoms with van der Waals surface area (Å²) in [6, 6.07) is 5.18. The van der Waals surface area contributed by atoms with Crippen molar-refractivity contribution in [1.29, 1.82) is 0 Å². The van der Waals surface area contributed by atoms with Gasteiger partial charge in [-0.25, -0.2) is 4.79 Å². The molecule has 1 N–H and O–H groups in total. The first-order chi connectivity index (χ1) is 9.10. The minimum Gasteiger partial charge on any atom is -0.471 e. The molecule has 0 aliphatic rings. The number of benzene rings is 1. The monoisotopic (exact) mass is 264 g/mol. The topological polar surface area (TPSA) is 72.8 Å². The first-order valence-electron chi connectivity index (χ1n) is 5.35. The third-order valence-electron chi connectivity index (χ3n) is 2.04. The highest BCUT2D eigenvalue weighted by Gasteiger charge is 2.08. The molecule has 0 aliphatic heterocycles. The minimum atomic E-state index is -0.353. The van der Waals surface area contributed by atoms with E-state index in [2.05, 4.69) is 21.3 Å². The fraction of sp³-hybridized carbons (Fsp3) is 0.286. The summed E-state index contributed by atoms with van der Waals surface area (Å²) in [5, 5.41) is 8.53. The number of hydrogen-bond acceptors (Lipinski definition) is 5. The van der Waals surface area contributed by atoms with Gasteiger partial charge in [-0.15, -0.1) is 0 Å². The summed E-state index contributed by atoms with van der Waals surface area (Å²) in [5.74, 6) is 4.96. The van der Waals surface area contributed by atoms with Crippen molar-refractivity contribution in [2.75, 3.05) is 20.8 Å². The van der Waals surface area contributed by atoms with Gasteiger partial charge in [0.1, 0.15) is 6.61 Å². The molecule has 0 spiro atoms. The second kappa shape index (κ2) is 9.68. The lowest BCUT2D eigenvalue weighted by Gasteiger charge is -2.03. The molecule has 1 rings (SSSR count). The Morgan fingerprint density at radius 3 is 2.47 bits per heavy atom. The first-order valence-corrected chi connectivity index (χ1v) is 5.35. The highest BCUT2D eigenvalue weighted by Crippen LogP contribution is 2.11. The van der Waals surface area contributed by atoms with Crippen molar-refractivity contribution in [1.82, 2.24) is 0 Å². The number of aliphatic hydroxyl groups is 1. The number of carbonyl (C=O) groups excluding carboxylic acids is 2. The number of ether oxygens (including phenoxy) is 2. The molecule has 0 amide bonds. The lowest BCUT2D eigenvalue weighted by molar-refractivity contribution is -0.126. The molecule has 5 heteroatoms. The van der Waals surface area contributed by atoms with E-state index in [1.54, 1.807) is 18.2 Å². The Labute approximate surface area is 112 Å². The van der Waals surface area contributed by atoms with Crippen LogP contribution in [0.15, 0.2) is 18.2 Å². The zero-order valence-electron chi connectivity index (χ0n) is 11.1. The van der Waals surface area contributed by atoms with Crippen LogP contribution in [0.4, 0.5) is 0 Å². The van der Waals surface area contributed by atoms with Crippen molar-refractivity contribution >= 4 is 12.4 Å². The molecule has 0 heterocycles. The molecule has 0 radical (unpaired) electrons. The van der Waals surface area contributed by atoms with E-state index in [9.17, 15) is 4.79 Å². The Morgan fingerprint density at radius 1 is 1.42 bits per heavy atom. The minimum absolute atomic E-state index is 0.169. The van der Waals surface area contributed by atoms with E-state index in [1.807, 2.05) is 6.92 Å². The number of aryl methyl sites for hydroxylation is 1. The van der Waals surface area contributed by atoms with E-state index in [1.165, 1.54) is 14.2 Å². The van der Waals surface area contributed by atoms with E-state index < -0.39 is 0 Å². The maximum absolute atomic E-state index is 11.3. The van der Waals surface area contributed by atoms with Crippen LogP contribution in [0.2, 0.25) is 0 Å². The Balaban J connectivity index is 0.000000711. The highest BCUT2D eigenvalue weighted by molar-refractivity contribution is 5.91. The Kier molecular flexibility index (Phi) is 8.50. The van der Waals surface area contributed by atoms with Crippen LogP contribution in [0.5, 0.6) is 0 Å². The van der Waals surface area contributed by atoms with Crippen molar-refractivity contribution in [3.63, 3.8) is 0 Å². The molecule has 0 aliphatic carbocycles. The molecular weight excluding hydrogens is 248 g/mol. The van der Waals surface area contributed by atoms with Crippen LogP contribution in [0.3, 0.4) is 0 Å². The van der Waals surface area contributed by atoms with Crippen molar-refractivity contribution < 1.29 is 24.2 Å². The van der Waals surface area contributed by atoms with Crippen molar-refractivity contribution in [3.05, 3.63) is 34.9 Å². The van der Waals surface area contributed by atoms with E-state index in [4.69, 9.17) is 9.90 Å². The van der Waals surface area contributed by atoms with Crippen LogP contribution in [-0.2, 0) is 14.3 Å². The van der Waals surface area contributed by atoms with Gasteiger partial charge in [-0.1, -0.05) is 11.8 Å². The Hall–Kier alpha value is -2.32. The largest absolute Gasteiger partial charge is 0.471 e. The molecule has 1 aromatic carbocycles. The summed E-state index contributed by atoms with van der Waals surface area (Å²) in [4.78, 5) is 20.2. The Morgan fingerprint density at radius 2 is 2.05 bits per heavy atom. The smallest absolute Gasteiger partial charge is 0.338 e. The summed E-state index contributed by atoms with van der Waals surface area (Å²) < 4.78 is 8.48. The van der Waals surface area contributed by atoms with Gasteiger partial charge in [0, 0.05) is 5.56 Å². The van der Waals surface area contributed by atoms with Crippen LogP contribution in [0, 0.1) is 18.8 Å². The highest BCUT2D eigenvalue weighted by atomic mass is 16.5. The lowest BCUT2D eigenvalue weighted by Crippen LogP contribution is -2.03. The van der Waals surface area contributed by atoms with Crippen LogP contribution < -0.4 is 0 Å². The lowest BCUT2D eigenvalue weighted by atomic mass is 10.1. The quantitative estimate of drug-likeness (QED) is 0.488. The number of esters is 1. The molecule has 0 saturated carbocycles. The van der Waals surface area contributed by atoms with Crippen LogP contribution in [0.1, 0.15) is 21.5 Å². The van der Waals surface area contributed by atoms with Gasteiger partial charge in [0.2, 0.25) is 0 Å². The SMILES string of the molecule is COC(=O)c1ccc(C#CCO)cc1C.COC=O. The average Bonchev–Trinajstić information content (AvgIpc) is 2.44. The molecule has 19 heavy (non-hydrogen) atoms. The fourth-order valence-corrected chi connectivity index (χ4v) is 1.22. The normalized spacial score (nSPS) is 8.21. The van der Waals surface area contributed by atoms with E-state index in [-0.39, 0.29) is 12.6 Å². The molecular formula is C14H16O5. The predicted molar refractivity (Wildman–Crippen MR) is 69.6 cm³/mol.